The first kappa shape index (κ1) is 21.3. The molecule has 32 heavy (non-hydrogen) atoms. The molecule has 2 aliphatic rings. The van der Waals surface area contributed by atoms with Crippen molar-refractivity contribution in [2.75, 3.05) is 7.05 Å². The van der Waals surface area contributed by atoms with Crippen LogP contribution in [0.25, 0.3) is 10.8 Å². The third-order valence-electron chi connectivity index (χ3n) is 6.22. The number of quaternary nitrogens is 1. The molecule has 1 saturated carbocycles. The van der Waals surface area contributed by atoms with Gasteiger partial charge in [-0.25, -0.2) is 4.98 Å². The molecular formula is C23H25ClN5O2S+. The second-order valence-electron chi connectivity index (χ2n) is 8.70. The van der Waals surface area contributed by atoms with Crippen LogP contribution in [0.15, 0.2) is 30.5 Å². The molecule has 3 heterocycles. The molecule has 0 bridgehead atoms. The fourth-order valence-electron chi connectivity index (χ4n) is 4.56. The summed E-state index contributed by atoms with van der Waals surface area (Å²) in [6.45, 7) is 1.79. The molecule has 7 nitrogen and oxygen atoms in total. The van der Waals surface area contributed by atoms with Crippen LogP contribution in [0.3, 0.4) is 0 Å². The summed E-state index contributed by atoms with van der Waals surface area (Å²) in [7, 11) is 2.13. The number of nitrogens with one attached hydrogen (secondary N) is 3. The van der Waals surface area contributed by atoms with Crippen molar-refractivity contribution in [3.8, 4) is 0 Å². The van der Waals surface area contributed by atoms with Gasteiger partial charge in [-0.15, -0.1) is 11.3 Å². The van der Waals surface area contributed by atoms with Crippen molar-refractivity contribution < 1.29 is 14.5 Å². The first-order valence-electron chi connectivity index (χ1n) is 10.9. The Hall–Kier alpha value is -2.55. The number of thiazole rings is 1. The summed E-state index contributed by atoms with van der Waals surface area (Å²) < 4.78 is 0. The number of amides is 2. The first-order chi connectivity index (χ1) is 15.5. The van der Waals surface area contributed by atoms with Crippen molar-refractivity contribution in [3.05, 3.63) is 56.8 Å². The fourth-order valence-corrected chi connectivity index (χ4v) is 5.84. The summed E-state index contributed by atoms with van der Waals surface area (Å²) in [4.78, 5) is 37.3. The Bertz CT molecular complexity index is 1170. The highest BCUT2D eigenvalue weighted by Gasteiger charge is 2.31. The number of carbonyl (C=O) groups is 2. The minimum Gasteiger partial charge on any atom is -0.346 e. The zero-order valence-electron chi connectivity index (χ0n) is 17.8. The molecule has 9 heteroatoms. The van der Waals surface area contributed by atoms with Gasteiger partial charge in [-0.3, -0.25) is 14.6 Å². The lowest BCUT2D eigenvalue weighted by Gasteiger charge is -2.32. The van der Waals surface area contributed by atoms with E-state index in [1.54, 1.807) is 18.3 Å². The third kappa shape index (κ3) is 4.35. The Balaban J connectivity index is 1.27. The number of aromatic nitrogens is 2. The molecule has 2 amide bonds. The average molecular weight is 471 g/mol. The quantitative estimate of drug-likeness (QED) is 0.546. The van der Waals surface area contributed by atoms with E-state index < -0.39 is 0 Å². The Morgan fingerprint density at radius 3 is 2.56 bits per heavy atom. The maximum Gasteiger partial charge on any atom is 0.280 e. The van der Waals surface area contributed by atoms with Crippen LogP contribution in [0.2, 0.25) is 5.02 Å². The van der Waals surface area contributed by atoms with Gasteiger partial charge in [0.2, 0.25) is 0 Å². The van der Waals surface area contributed by atoms with Gasteiger partial charge in [-0.2, -0.15) is 0 Å². The minimum atomic E-state index is -0.229. The maximum atomic E-state index is 12.9. The molecule has 0 spiro atoms. The smallest absolute Gasteiger partial charge is 0.280 e. The van der Waals surface area contributed by atoms with Gasteiger partial charge in [-0.1, -0.05) is 30.5 Å². The van der Waals surface area contributed by atoms with Crippen LogP contribution in [0.1, 0.15) is 56.5 Å². The number of nitrogens with zero attached hydrogens (tertiary/aromatic N) is 2. The Morgan fingerprint density at radius 1 is 1.06 bits per heavy atom. The summed E-state index contributed by atoms with van der Waals surface area (Å²) in [5, 5.41) is 9.19. The fraction of sp³-hybridized carbons (Fsp3) is 0.391. The molecule has 1 aliphatic carbocycles. The van der Waals surface area contributed by atoms with Crippen molar-refractivity contribution in [1.82, 2.24) is 20.6 Å². The highest BCUT2D eigenvalue weighted by Crippen LogP contribution is 2.24. The summed E-state index contributed by atoms with van der Waals surface area (Å²) >= 11 is 7.52. The van der Waals surface area contributed by atoms with Gasteiger partial charge in [0.1, 0.15) is 24.5 Å². The Morgan fingerprint density at radius 2 is 1.81 bits per heavy atom. The zero-order valence-corrected chi connectivity index (χ0v) is 19.4. The van der Waals surface area contributed by atoms with E-state index in [0.717, 1.165) is 55.2 Å². The highest BCUT2D eigenvalue weighted by molar-refractivity contribution is 7.13. The van der Waals surface area contributed by atoms with Crippen LogP contribution in [0.4, 0.5) is 0 Å². The SMILES string of the molecule is C[NH+]1Cc2nc(C(=O)N[C@@H]3CCCC[C@@H]3NC(=O)c3cc4ccc(Cl)cc4cn3)sc2C1. The molecular weight excluding hydrogens is 446 g/mol. The predicted octanol–water partition coefficient (Wildman–Crippen LogP) is 2.34. The third-order valence-corrected chi connectivity index (χ3v) is 7.55. The van der Waals surface area contributed by atoms with Gasteiger partial charge in [0.05, 0.1) is 11.9 Å². The van der Waals surface area contributed by atoms with Crippen LogP contribution in [-0.4, -0.2) is 40.9 Å². The van der Waals surface area contributed by atoms with Crippen molar-refractivity contribution in [1.29, 1.82) is 0 Å². The summed E-state index contributed by atoms with van der Waals surface area (Å²) in [5.41, 5.74) is 1.40. The monoisotopic (exact) mass is 470 g/mol. The molecule has 1 unspecified atom stereocenters. The number of hydrogen-bond acceptors (Lipinski definition) is 5. The van der Waals surface area contributed by atoms with E-state index in [9.17, 15) is 9.59 Å². The molecule has 0 saturated heterocycles. The number of hydrogen-bond donors (Lipinski definition) is 3. The molecule has 3 atom stereocenters. The number of halogens is 1. The molecule has 166 valence electrons. The second kappa shape index (κ2) is 8.77. The molecule has 2 aromatic heterocycles. The number of pyridine rings is 1. The average Bonchev–Trinajstić information content (AvgIpc) is 3.32. The molecule has 3 N–H and O–H groups in total. The van der Waals surface area contributed by atoms with Crippen LogP contribution in [0, 0.1) is 0 Å². The van der Waals surface area contributed by atoms with E-state index in [4.69, 9.17) is 11.6 Å². The molecule has 0 radical (unpaired) electrons. The summed E-state index contributed by atoms with van der Waals surface area (Å²) in [5.74, 6) is -0.374. The van der Waals surface area contributed by atoms with E-state index >= 15 is 0 Å². The second-order valence-corrected chi connectivity index (χ2v) is 10.2. The number of fused-ring (bicyclic) bond motifs is 2. The number of carbonyl (C=O) groups excluding carboxylic acids is 2. The van der Waals surface area contributed by atoms with Gasteiger partial charge in [0.15, 0.2) is 5.01 Å². The van der Waals surface area contributed by atoms with E-state index in [-0.39, 0.29) is 23.9 Å². The molecule has 1 fully saturated rings. The van der Waals surface area contributed by atoms with Crippen LogP contribution in [-0.2, 0) is 13.1 Å². The molecule has 3 aromatic rings. The largest absolute Gasteiger partial charge is 0.346 e. The van der Waals surface area contributed by atoms with Gasteiger partial charge in [-0.05, 0) is 36.4 Å². The lowest BCUT2D eigenvalue weighted by atomic mass is 9.90. The minimum absolute atomic E-state index is 0.119. The Labute approximate surface area is 195 Å². The van der Waals surface area contributed by atoms with E-state index in [0.29, 0.717) is 15.7 Å². The van der Waals surface area contributed by atoms with Crippen LogP contribution in [0.5, 0.6) is 0 Å². The number of rotatable bonds is 4. The van der Waals surface area contributed by atoms with Gasteiger partial charge < -0.3 is 15.5 Å². The van der Waals surface area contributed by atoms with Gasteiger partial charge in [0, 0.05) is 28.7 Å². The van der Waals surface area contributed by atoms with E-state index in [1.807, 2.05) is 12.1 Å². The van der Waals surface area contributed by atoms with E-state index in [1.165, 1.54) is 21.1 Å². The first-order valence-corrected chi connectivity index (χ1v) is 12.1. The zero-order chi connectivity index (χ0) is 22.2. The van der Waals surface area contributed by atoms with Gasteiger partial charge >= 0.3 is 0 Å². The topological polar surface area (TPSA) is 88.4 Å². The normalized spacial score (nSPS) is 22.5. The summed E-state index contributed by atoms with van der Waals surface area (Å²) in [6.07, 6.45) is 5.36. The maximum absolute atomic E-state index is 12.9. The van der Waals surface area contributed by atoms with Crippen molar-refractivity contribution in [3.63, 3.8) is 0 Å². The van der Waals surface area contributed by atoms with Gasteiger partial charge in [0.25, 0.3) is 11.8 Å². The molecule has 1 aromatic carbocycles. The van der Waals surface area contributed by atoms with Crippen LogP contribution >= 0.6 is 22.9 Å². The van der Waals surface area contributed by atoms with E-state index in [2.05, 4.69) is 27.6 Å². The predicted molar refractivity (Wildman–Crippen MR) is 124 cm³/mol. The van der Waals surface area contributed by atoms with Crippen molar-refractivity contribution in [2.24, 2.45) is 0 Å². The van der Waals surface area contributed by atoms with Crippen molar-refractivity contribution >= 4 is 45.5 Å². The lowest BCUT2D eigenvalue weighted by Crippen LogP contribution is -3.04. The molecule has 5 rings (SSSR count). The Kier molecular flexibility index (Phi) is 5.84. The summed E-state index contributed by atoms with van der Waals surface area (Å²) in [6, 6.07) is 7.02. The lowest BCUT2D eigenvalue weighted by molar-refractivity contribution is -0.900. The standard InChI is InChI=1S/C23H24ClN5O2S/c1-29-11-19-20(12-29)32-23(28-19)22(31)27-17-5-3-2-4-16(17)26-21(30)18-9-13-6-7-15(24)8-14(13)10-25-18/h6-10,16-17H,2-5,11-12H2,1H3,(H,26,30)(H,27,31)/p+1/t16-,17+/m0/s1. The highest BCUT2D eigenvalue weighted by atomic mass is 35.5. The number of benzene rings is 1. The van der Waals surface area contributed by atoms with Crippen LogP contribution < -0.4 is 15.5 Å². The molecule has 1 aliphatic heterocycles. The van der Waals surface area contributed by atoms with Crippen molar-refractivity contribution in [2.45, 2.75) is 50.9 Å².